The van der Waals surface area contributed by atoms with E-state index in [9.17, 15) is 0 Å². The first-order valence-electron chi connectivity index (χ1n) is 6.31. The Kier molecular flexibility index (Phi) is 4.20. The number of nitrogens with two attached hydrogens (primary N) is 1. The van der Waals surface area contributed by atoms with E-state index >= 15 is 0 Å². The Morgan fingerprint density at radius 1 is 1.35 bits per heavy atom. The van der Waals surface area contributed by atoms with Crippen molar-refractivity contribution in [2.24, 2.45) is 10.9 Å². The summed E-state index contributed by atoms with van der Waals surface area (Å²) < 4.78 is 0. The maximum absolute atomic E-state index is 8.72. The van der Waals surface area contributed by atoms with Gasteiger partial charge in [-0.1, -0.05) is 29.4 Å². The predicted octanol–water partition coefficient (Wildman–Crippen LogP) is 2.12. The molecule has 3 N–H and O–H groups in total. The van der Waals surface area contributed by atoms with Crippen molar-refractivity contribution in [3.8, 4) is 0 Å². The second-order valence-corrected chi connectivity index (χ2v) is 4.67. The number of benzene rings is 1. The number of amidine groups is 1. The van der Waals surface area contributed by atoms with Crippen LogP contribution in [0, 0.1) is 6.92 Å². The molecule has 1 aromatic carbocycles. The molecule has 0 unspecified atom stereocenters. The molecule has 0 saturated carbocycles. The molecule has 5 heteroatoms. The Balaban J connectivity index is 2.21. The Bertz CT molecular complexity index is 625. The summed E-state index contributed by atoms with van der Waals surface area (Å²) in [4.78, 5) is 6.34. The minimum atomic E-state index is 0.0814. The summed E-state index contributed by atoms with van der Waals surface area (Å²) in [6.07, 6.45) is 1.65. The van der Waals surface area contributed by atoms with Crippen LogP contribution in [0.3, 0.4) is 0 Å². The molecule has 1 aromatic heterocycles. The van der Waals surface area contributed by atoms with Crippen molar-refractivity contribution in [2.75, 3.05) is 11.9 Å². The maximum atomic E-state index is 8.72. The van der Waals surface area contributed by atoms with Gasteiger partial charge >= 0.3 is 0 Å². The number of oxime groups is 1. The highest BCUT2D eigenvalue weighted by molar-refractivity contribution is 5.97. The Hall–Kier alpha value is -2.56. The molecule has 0 atom stereocenters. The fourth-order valence-corrected chi connectivity index (χ4v) is 1.97. The van der Waals surface area contributed by atoms with E-state index in [1.165, 1.54) is 11.1 Å². The lowest BCUT2D eigenvalue weighted by Crippen LogP contribution is -2.20. The zero-order chi connectivity index (χ0) is 14.5. The maximum Gasteiger partial charge on any atom is 0.170 e. The standard InChI is InChI=1S/C15H18N4O/c1-11-5-3-4-6-13(11)10-19(2)14-9-12(7-8-17-14)15(16)18-20/h3-9,20H,10H2,1-2H3,(H2,16,18). The average molecular weight is 270 g/mol. The molecule has 2 rings (SSSR count). The lowest BCUT2D eigenvalue weighted by molar-refractivity contribution is 0.318. The molecule has 5 nitrogen and oxygen atoms in total. The van der Waals surface area contributed by atoms with Gasteiger partial charge in [0.25, 0.3) is 0 Å². The molecule has 0 saturated heterocycles. The number of aryl methyl sites for hydroxylation is 1. The summed E-state index contributed by atoms with van der Waals surface area (Å²) in [5.74, 6) is 0.857. The lowest BCUT2D eigenvalue weighted by atomic mass is 10.1. The average Bonchev–Trinajstić information content (AvgIpc) is 2.49. The zero-order valence-electron chi connectivity index (χ0n) is 11.6. The largest absolute Gasteiger partial charge is 0.409 e. The number of hydrogen-bond donors (Lipinski definition) is 2. The Labute approximate surface area is 118 Å². The van der Waals surface area contributed by atoms with Crippen LogP contribution in [0.4, 0.5) is 5.82 Å². The minimum absolute atomic E-state index is 0.0814. The van der Waals surface area contributed by atoms with Crippen LogP contribution in [-0.2, 0) is 6.54 Å². The van der Waals surface area contributed by atoms with Gasteiger partial charge in [0, 0.05) is 25.4 Å². The quantitative estimate of drug-likeness (QED) is 0.386. The third-order valence-electron chi connectivity index (χ3n) is 3.21. The molecule has 0 aliphatic rings. The highest BCUT2D eigenvalue weighted by Crippen LogP contribution is 2.16. The van der Waals surface area contributed by atoms with E-state index in [1.807, 2.05) is 24.1 Å². The molecule has 0 amide bonds. The van der Waals surface area contributed by atoms with E-state index in [4.69, 9.17) is 10.9 Å². The van der Waals surface area contributed by atoms with E-state index in [-0.39, 0.29) is 5.84 Å². The predicted molar refractivity (Wildman–Crippen MR) is 80.0 cm³/mol. The summed E-state index contributed by atoms with van der Waals surface area (Å²) in [5.41, 5.74) is 8.73. The lowest BCUT2D eigenvalue weighted by Gasteiger charge is -2.19. The number of pyridine rings is 1. The molecule has 0 spiro atoms. The molecule has 0 aliphatic carbocycles. The van der Waals surface area contributed by atoms with E-state index in [1.54, 1.807) is 18.3 Å². The van der Waals surface area contributed by atoms with Gasteiger partial charge in [-0.2, -0.15) is 0 Å². The summed E-state index contributed by atoms with van der Waals surface area (Å²) in [6.45, 7) is 2.84. The van der Waals surface area contributed by atoms with Crippen molar-refractivity contribution in [1.29, 1.82) is 0 Å². The Morgan fingerprint density at radius 2 is 2.10 bits per heavy atom. The van der Waals surface area contributed by atoms with E-state index in [2.05, 4.69) is 29.2 Å². The van der Waals surface area contributed by atoms with E-state index in [0.717, 1.165) is 12.4 Å². The first-order chi connectivity index (χ1) is 9.61. The van der Waals surface area contributed by atoms with Gasteiger partial charge in [0.2, 0.25) is 0 Å². The first-order valence-corrected chi connectivity index (χ1v) is 6.31. The highest BCUT2D eigenvalue weighted by atomic mass is 16.4. The molecule has 104 valence electrons. The summed E-state index contributed by atoms with van der Waals surface area (Å²) in [6, 6.07) is 11.7. The second kappa shape index (κ2) is 6.06. The Morgan fingerprint density at radius 3 is 2.80 bits per heavy atom. The second-order valence-electron chi connectivity index (χ2n) is 4.67. The van der Waals surface area contributed by atoms with Gasteiger partial charge in [0.05, 0.1) is 0 Å². The van der Waals surface area contributed by atoms with Crippen LogP contribution in [0.25, 0.3) is 0 Å². The molecular formula is C15H18N4O. The van der Waals surface area contributed by atoms with Crippen molar-refractivity contribution < 1.29 is 5.21 Å². The highest BCUT2D eigenvalue weighted by Gasteiger charge is 2.07. The van der Waals surface area contributed by atoms with Gasteiger partial charge in [-0.05, 0) is 30.2 Å². The van der Waals surface area contributed by atoms with Gasteiger partial charge in [-0.15, -0.1) is 0 Å². The zero-order valence-corrected chi connectivity index (χ0v) is 11.6. The van der Waals surface area contributed by atoms with Crippen molar-refractivity contribution in [3.63, 3.8) is 0 Å². The van der Waals surface area contributed by atoms with Gasteiger partial charge in [-0.3, -0.25) is 0 Å². The van der Waals surface area contributed by atoms with Gasteiger partial charge in [0.15, 0.2) is 5.84 Å². The molecule has 2 aromatic rings. The molecular weight excluding hydrogens is 252 g/mol. The minimum Gasteiger partial charge on any atom is -0.409 e. The van der Waals surface area contributed by atoms with Crippen LogP contribution in [0.5, 0.6) is 0 Å². The van der Waals surface area contributed by atoms with Gasteiger partial charge in [-0.25, -0.2) is 4.98 Å². The smallest absolute Gasteiger partial charge is 0.170 e. The van der Waals surface area contributed by atoms with Crippen molar-refractivity contribution in [2.45, 2.75) is 13.5 Å². The number of aromatic nitrogens is 1. The summed E-state index contributed by atoms with van der Waals surface area (Å²) in [7, 11) is 1.96. The van der Waals surface area contributed by atoms with Crippen LogP contribution < -0.4 is 10.6 Å². The van der Waals surface area contributed by atoms with Crippen LogP contribution >= 0.6 is 0 Å². The molecule has 0 radical (unpaired) electrons. The van der Waals surface area contributed by atoms with E-state index < -0.39 is 0 Å². The first kappa shape index (κ1) is 13.9. The summed E-state index contributed by atoms with van der Waals surface area (Å²) in [5, 5.41) is 11.7. The van der Waals surface area contributed by atoms with Crippen molar-refractivity contribution in [1.82, 2.24) is 4.98 Å². The normalized spacial score (nSPS) is 11.4. The van der Waals surface area contributed by atoms with Gasteiger partial charge < -0.3 is 15.8 Å². The monoisotopic (exact) mass is 270 g/mol. The van der Waals surface area contributed by atoms with Crippen LogP contribution in [-0.4, -0.2) is 23.1 Å². The van der Waals surface area contributed by atoms with Crippen LogP contribution in [0.1, 0.15) is 16.7 Å². The van der Waals surface area contributed by atoms with Crippen LogP contribution in [0.15, 0.2) is 47.8 Å². The number of anilines is 1. The van der Waals surface area contributed by atoms with Gasteiger partial charge in [0.1, 0.15) is 5.82 Å². The molecule has 1 heterocycles. The number of nitrogens with zero attached hydrogens (tertiary/aromatic N) is 3. The fourth-order valence-electron chi connectivity index (χ4n) is 1.97. The number of rotatable bonds is 4. The third-order valence-corrected chi connectivity index (χ3v) is 3.21. The van der Waals surface area contributed by atoms with Crippen LogP contribution in [0.2, 0.25) is 0 Å². The van der Waals surface area contributed by atoms with E-state index in [0.29, 0.717) is 5.56 Å². The van der Waals surface area contributed by atoms with Crippen molar-refractivity contribution >= 4 is 11.7 Å². The molecule has 0 bridgehead atoms. The molecule has 20 heavy (non-hydrogen) atoms. The molecule has 0 aliphatic heterocycles. The topological polar surface area (TPSA) is 74.7 Å². The third kappa shape index (κ3) is 3.06. The fraction of sp³-hybridized carbons (Fsp3) is 0.200. The SMILES string of the molecule is Cc1ccccc1CN(C)c1cc(C(N)=NO)ccn1. The number of hydrogen-bond acceptors (Lipinski definition) is 4. The summed E-state index contributed by atoms with van der Waals surface area (Å²) >= 11 is 0. The van der Waals surface area contributed by atoms with Crippen molar-refractivity contribution in [3.05, 3.63) is 59.3 Å². The molecule has 0 fully saturated rings.